The van der Waals surface area contributed by atoms with Gasteiger partial charge in [-0.25, -0.2) is 4.68 Å². The molecule has 0 bridgehead atoms. The van der Waals surface area contributed by atoms with E-state index in [2.05, 4.69) is 5.10 Å². The topological polar surface area (TPSA) is 67.5 Å². The maximum absolute atomic E-state index is 9.22. The summed E-state index contributed by atoms with van der Waals surface area (Å²) >= 11 is 0. The second-order valence-corrected chi connectivity index (χ2v) is 2.37. The van der Waals surface area contributed by atoms with Crippen molar-refractivity contribution in [3.05, 3.63) is 11.8 Å². The third kappa shape index (κ3) is 1.96. The Bertz CT molecular complexity index is 247. The van der Waals surface area contributed by atoms with Crippen LogP contribution in [-0.4, -0.2) is 33.7 Å². The molecule has 0 amide bonds. The summed E-state index contributed by atoms with van der Waals surface area (Å²) in [5, 5.41) is 21.8. The van der Waals surface area contributed by atoms with Gasteiger partial charge in [0.05, 0.1) is 25.5 Å². The molecule has 2 N–H and O–H groups in total. The van der Waals surface area contributed by atoms with Crippen LogP contribution in [0.15, 0.2) is 6.07 Å². The lowest BCUT2D eigenvalue weighted by atomic mass is 10.4. The van der Waals surface area contributed by atoms with Crippen molar-refractivity contribution in [1.29, 1.82) is 0 Å². The zero-order valence-corrected chi connectivity index (χ0v) is 6.90. The SMILES string of the molecule is COCc1cc(O)n(CCO)n1. The molecule has 0 aliphatic heterocycles. The van der Waals surface area contributed by atoms with Gasteiger partial charge in [-0.05, 0) is 0 Å². The van der Waals surface area contributed by atoms with Crippen molar-refractivity contribution < 1.29 is 14.9 Å². The molecule has 0 aromatic carbocycles. The first-order valence-corrected chi connectivity index (χ1v) is 3.63. The molecule has 0 fully saturated rings. The average molecular weight is 172 g/mol. The second-order valence-electron chi connectivity index (χ2n) is 2.37. The van der Waals surface area contributed by atoms with Crippen molar-refractivity contribution in [2.75, 3.05) is 13.7 Å². The third-order valence-corrected chi connectivity index (χ3v) is 1.41. The van der Waals surface area contributed by atoms with Gasteiger partial charge in [0.25, 0.3) is 0 Å². The second kappa shape index (κ2) is 4.08. The summed E-state index contributed by atoms with van der Waals surface area (Å²) < 4.78 is 6.15. The average Bonchev–Trinajstić information content (AvgIpc) is 2.34. The van der Waals surface area contributed by atoms with Crippen molar-refractivity contribution in [3.8, 4) is 5.88 Å². The highest BCUT2D eigenvalue weighted by Gasteiger charge is 2.04. The van der Waals surface area contributed by atoms with Gasteiger partial charge in [0, 0.05) is 13.2 Å². The molecule has 0 spiro atoms. The van der Waals surface area contributed by atoms with E-state index in [1.54, 1.807) is 7.11 Å². The lowest BCUT2D eigenvalue weighted by Crippen LogP contribution is -2.04. The highest BCUT2D eigenvalue weighted by Crippen LogP contribution is 2.11. The van der Waals surface area contributed by atoms with Crippen molar-refractivity contribution in [3.63, 3.8) is 0 Å². The smallest absolute Gasteiger partial charge is 0.209 e. The molecular formula is C7H12N2O3. The first-order chi connectivity index (χ1) is 5.77. The van der Waals surface area contributed by atoms with E-state index in [4.69, 9.17) is 9.84 Å². The number of ether oxygens (including phenoxy) is 1. The number of aliphatic hydroxyl groups is 1. The Labute approximate surface area is 70.2 Å². The van der Waals surface area contributed by atoms with Gasteiger partial charge in [0.15, 0.2) is 0 Å². The van der Waals surface area contributed by atoms with Crippen LogP contribution in [-0.2, 0) is 17.9 Å². The van der Waals surface area contributed by atoms with Crippen LogP contribution in [0.3, 0.4) is 0 Å². The fourth-order valence-electron chi connectivity index (χ4n) is 0.936. The minimum atomic E-state index is -0.0400. The van der Waals surface area contributed by atoms with Gasteiger partial charge >= 0.3 is 0 Å². The van der Waals surface area contributed by atoms with Crippen LogP contribution in [0.1, 0.15) is 5.69 Å². The molecule has 0 radical (unpaired) electrons. The van der Waals surface area contributed by atoms with Crippen LogP contribution >= 0.6 is 0 Å². The molecule has 1 aromatic heterocycles. The van der Waals surface area contributed by atoms with Gasteiger partial charge in [-0.3, -0.25) is 0 Å². The summed E-state index contributed by atoms with van der Waals surface area (Å²) in [6, 6.07) is 1.51. The van der Waals surface area contributed by atoms with E-state index in [-0.39, 0.29) is 12.5 Å². The van der Waals surface area contributed by atoms with Crippen LogP contribution in [0.25, 0.3) is 0 Å². The van der Waals surface area contributed by atoms with Crippen LogP contribution < -0.4 is 0 Å². The van der Waals surface area contributed by atoms with Crippen LogP contribution in [0, 0.1) is 0 Å². The summed E-state index contributed by atoms with van der Waals surface area (Å²) in [7, 11) is 1.56. The Hall–Kier alpha value is -1.07. The molecule has 0 saturated heterocycles. The standard InChI is InChI=1S/C7H12N2O3/c1-12-5-6-4-7(11)9(8-6)2-3-10/h4,10-11H,2-3,5H2,1H3. The normalized spacial score (nSPS) is 10.5. The Morgan fingerprint density at radius 1 is 1.67 bits per heavy atom. The van der Waals surface area contributed by atoms with E-state index in [1.807, 2.05) is 0 Å². The summed E-state index contributed by atoms with van der Waals surface area (Å²) in [4.78, 5) is 0. The summed E-state index contributed by atoms with van der Waals surface area (Å²) in [5.41, 5.74) is 0.656. The number of rotatable bonds is 4. The first-order valence-electron chi connectivity index (χ1n) is 3.63. The molecule has 0 aliphatic rings. The number of methoxy groups -OCH3 is 1. The van der Waals surface area contributed by atoms with Gasteiger partial charge in [0.2, 0.25) is 5.88 Å². The van der Waals surface area contributed by atoms with E-state index in [0.717, 1.165) is 0 Å². The minimum Gasteiger partial charge on any atom is -0.493 e. The number of nitrogens with zero attached hydrogens (tertiary/aromatic N) is 2. The molecule has 0 saturated carbocycles. The predicted octanol–water partition coefficient (Wildman–Crippen LogP) is -0.273. The van der Waals surface area contributed by atoms with Gasteiger partial charge in [-0.15, -0.1) is 0 Å². The highest BCUT2D eigenvalue weighted by atomic mass is 16.5. The molecule has 1 aromatic rings. The fourth-order valence-corrected chi connectivity index (χ4v) is 0.936. The van der Waals surface area contributed by atoms with Crippen LogP contribution in [0.5, 0.6) is 5.88 Å². The van der Waals surface area contributed by atoms with Crippen molar-refractivity contribution in [1.82, 2.24) is 9.78 Å². The zero-order valence-electron chi connectivity index (χ0n) is 6.90. The van der Waals surface area contributed by atoms with E-state index in [9.17, 15) is 5.11 Å². The fraction of sp³-hybridized carbons (Fsp3) is 0.571. The van der Waals surface area contributed by atoms with E-state index in [0.29, 0.717) is 18.8 Å². The Balaban J connectivity index is 2.70. The molecule has 5 heteroatoms. The minimum absolute atomic E-state index is 0.0400. The Morgan fingerprint density at radius 3 is 3.00 bits per heavy atom. The summed E-state index contributed by atoms with van der Waals surface area (Å²) in [6.45, 7) is 0.628. The molecule has 68 valence electrons. The molecule has 0 atom stereocenters. The molecule has 1 rings (SSSR count). The largest absolute Gasteiger partial charge is 0.493 e. The summed E-state index contributed by atoms with van der Waals surface area (Å²) in [5.74, 6) is 0.0519. The van der Waals surface area contributed by atoms with Gasteiger partial charge in [-0.2, -0.15) is 5.10 Å². The number of aliphatic hydroxyl groups excluding tert-OH is 1. The number of aromatic hydroxyl groups is 1. The monoisotopic (exact) mass is 172 g/mol. The quantitative estimate of drug-likeness (QED) is 0.656. The molecular weight excluding hydrogens is 160 g/mol. The molecule has 5 nitrogen and oxygen atoms in total. The van der Waals surface area contributed by atoms with Crippen LogP contribution in [0.4, 0.5) is 0 Å². The molecule has 0 aliphatic carbocycles. The number of aromatic nitrogens is 2. The van der Waals surface area contributed by atoms with Gasteiger partial charge in [-0.1, -0.05) is 0 Å². The molecule has 0 unspecified atom stereocenters. The molecule has 1 heterocycles. The lowest BCUT2D eigenvalue weighted by molar-refractivity contribution is 0.180. The highest BCUT2D eigenvalue weighted by molar-refractivity contribution is 5.13. The van der Waals surface area contributed by atoms with E-state index >= 15 is 0 Å². The van der Waals surface area contributed by atoms with Gasteiger partial charge < -0.3 is 14.9 Å². The summed E-state index contributed by atoms with van der Waals surface area (Å²) in [6.07, 6.45) is 0. The van der Waals surface area contributed by atoms with E-state index < -0.39 is 0 Å². The lowest BCUT2D eigenvalue weighted by Gasteiger charge is -1.97. The zero-order chi connectivity index (χ0) is 8.97. The van der Waals surface area contributed by atoms with Gasteiger partial charge in [0.1, 0.15) is 0 Å². The van der Waals surface area contributed by atoms with Crippen LogP contribution in [0.2, 0.25) is 0 Å². The molecule has 12 heavy (non-hydrogen) atoms. The van der Waals surface area contributed by atoms with Crippen molar-refractivity contribution in [2.24, 2.45) is 0 Å². The maximum Gasteiger partial charge on any atom is 0.209 e. The van der Waals surface area contributed by atoms with E-state index in [1.165, 1.54) is 10.7 Å². The first kappa shape index (κ1) is 9.02. The maximum atomic E-state index is 9.22. The Morgan fingerprint density at radius 2 is 2.42 bits per heavy atom. The Kier molecular flexibility index (Phi) is 3.07. The third-order valence-electron chi connectivity index (χ3n) is 1.41. The number of hydrogen-bond donors (Lipinski definition) is 2. The van der Waals surface area contributed by atoms with Crippen molar-refractivity contribution in [2.45, 2.75) is 13.2 Å². The predicted molar refractivity (Wildman–Crippen MR) is 41.7 cm³/mol. The number of hydrogen-bond acceptors (Lipinski definition) is 4. The van der Waals surface area contributed by atoms with Crippen molar-refractivity contribution >= 4 is 0 Å².